The van der Waals surface area contributed by atoms with Crippen LogP contribution in [0.3, 0.4) is 0 Å². The molecule has 3 aromatic heterocycles. The standard InChI is InChI=1S/C16H14N4OS/c21-15(13-11-20-7-2-6-17-16(20)18-13)19-8-4-12(5-9-19)14-3-1-10-22-14/h1-4,6-7,10-11H,5,8-9H2. The second-order valence-corrected chi connectivity index (χ2v) is 6.11. The predicted octanol–water partition coefficient (Wildman–Crippen LogP) is 2.72. The van der Waals surface area contributed by atoms with Crippen LogP contribution in [-0.4, -0.2) is 38.3 Å². The van der Waals surface area contributed by atoms with Gasteiger partial charge in [0, 0.05) is 36.6 Å². The second-order valence-electron chi connectivity index (χ2n) is 5.16. The fourth-order valence-corrected chi connectivity index (χ4v) is 3.43. The summed E-state index contributed by atoms with van der Waals surface area (Å²) in [6, 6.07) is 6.00. The lowest BCUT2D eigenvalue weighted by Gasteiger charge is -2.25. The van der Waals surface area contributed by atoms with E-state index in [2.05, 4.69) is 33.6 Å². The van der Waals surface area contributed by atoms with Crippen molar-refractivity contribution in [2.45, 2.75) is 6.42 Å². The van der Waals surface area contributed by atoms with E-state index in [4.69, 9.17) is 0 Å². The summed E-state index contributed by atoms with van der Waals surface area (Å²) < 4.78 is 1.77. The highest BCUT2D eigenvalue weighted by atomic mass is 32.1. The van der Waals surface area contributed by atoms with Crippen molar-refractivity contribution in [2.24, 2.45) is 0 Å². The summed E-state index contributed by atoms with van der Waals surface area (Å²) in [6.07, 6.45) is 8.28. The third-order valence-corrected chi connectivity index (χ3v) is 4.73. The third-order valence-electron chi connectivity index (χ3n) is 3.79. The van der Waals surface area contributed by atoms with Gasteiger partial charge in [0.25, 0.3) is 5.91 Å². The summed E-state index contributed by atoms with van der Waals surface area (Å²) in [6.45, 7) is 1.36. The molecule has 6 heteroatoms. The van der Waals surface area contributed by atoms with Gasteiger partial charge in [0.2, 0.25) is 5.78 Å². The first kappa shape index (κ1) is 13.2. The summed E-state index contributed by atoms with van der Waals surface area (Å²) in [4.78, 5) is 24.1. The van der Waals surface area contributed by atoms with Crippen LogP contribution in [0.1, 0.15) is 21.8 Å². The Balaban J connectivity index is 1.54. The van der Waals surface area contributed by atoms with Crippen LogP contribution in [0, 0.1) is 0 Å². The molecule has 1 aliphatic rings. The van der Waals surface area contributed by atoms with E-state index in [1.807, 2.05) is 17.2 Å². The van der Waals surface area contributed by atoms with Gasteiger partial charge in [-0.3, -0.25) is 9.20 Å². The zero-order valence-corrected chi connectivity index (χ0v) is 12.7. The van der Waals surface area contributed by atoms with Crippen molar-refractivity contribution >= 4 is 28.6 Å². The van der Waals surface area contributed by atoms with Crippen molar-refractivity contribution < 1.29 is 4.79 Å². The molecule has 4 heterocycles. The van der Waals surface area contributed by atoms with Gasteiger partial charge in [0.05, 0.1) is 0 Å². The fourth-order valence-electron chi connectivity index (χ4n) is 2.63. The number of thiophene rings is 1. The molecule has 110 valence electrons. The minimum atomic E-state index is -0.0352. The van der Waals surface area contributed by atoms with Crippen LogP contribution in [-0.2, 0) is 0 Å². The van der Waals surface area contributed by atoms with E-state index in [1.165, 1.54) is 10.5 Å². The Kier molecular flexibility index (Phi) is 3.23. The van der Waals surface area contributed by atoms with Crippen LogP contribution >= 0.6 is 11.3 Å². The molecule has 22 heavy (non-hydrogen) atoms. The van der Waals surface area contributed by atoms with E-state index in [0.717, 1.165) is 13.0 Å². The molecule has 1 amide bonds. The number of rotatable bonds is 2. The van der Waals surface area contributed by atoms with Gasteiger partial charge in [0.1, 0.15) is 5.69 Å². The molecule has 0 saturated carbocycles. The first-order valence-electron chi connectivity index (χ1n) is 7.13. The van der Waals surface area contributed by atoms with E-state index in [1.54, 1.807) is 28.1 Å². The van der Waals surface area contributed by atoms with Gasteiger partial charge in [-0.1, -0.05) is 12.1 Å². The molecule has 1 aliphatic heterocycles. The molecule has 0 saturated heterocycles. The van der Waals surface area contributed by atoms with Crippen molar-refractivity contribution in [1.29, 1.82) is 0 Å². The number of carbonyl (C=O) groups is 1. The van der Waals surface area contributed by atoms with E-state index in [-0.39, 0.29) is 5.91 Å². The first-order chi connectivity index (χ1) is 10.8. The molecule has 0 atom stereocenters. The number of hydrogen-bond donors (Lipinski definition) is 0. The Morgan fingerprint density at radius 3 is 3.00 bits per heavy atom. The van der Waals surface area contributed by atoms with Crippen LogP contribution in [0.4, 0.5) is 0 Å². The average Bonchev–Trinajstić information content (AvgIpc) is 3.23. The molecule has 0 spiro atoms. The van der Waals surface area contributed by atoms with Gasteiger partial charge < -0.3 is 4.90 Å². The predicted molar refractivity (Wildman–Crippen MR) is 85.8 cm³/mol. The molecule has 3 aromatic rings. The van der Waals surface area contributed by atoms with E-state index < -0.39 is 0 Å². The second kappa shape index (κ2) is 5.38. The highest BCUT2D eigenvalue weighted by Gasteiger charge is 2.21. The SMILES string of the molecule is O=C(c1cn2cccnc2n1)N1CC=C(c2cccs2)CC1. The van der Waals surface area contributed by atoms with Gasteiger partial charge in [-0.05, 0) is 29.5 Å². The largest absolute Gasteiger partial charge is 0.333 e. The van der Waals surface area contributed by atoms with Crippen LogP contribution in [0.15, 0.2) is 48.2 Å². The van der Waals surface area contributed by atoms with Crippen molar-refractivity contribution in [3.8, 4) is 0 Å². The highest BCUT2D eigenvalue weighted by Crippen LogP contribution is 2.26. The number of hydrogen-bond acceptors (Lipinski definition) is 4. The zero-order valence-electron chi connectivity index (χ0n) is 11.8. The lowest BCUT2D eigenvalue weighted by atomic mass is 10.1. The maximum atomic E-state index is 12.6. The molecular formula is C16H14N4OS. The Labute approximate surface area is 131 Å². The van der Waals surface area contributed by atoms with Crippen molar-refractivity contribution in [2.75, 3.05) is 13.1 Å². The summed E-state index contributed by atoms with van der Waals surface area (Å²) in [7, 11) is 0. The smallest absolute Gasteiger partial charge is 0.274 e. The quantitative estimate of drug-likeness (QED) is 0.731. The Morgan fingerprint density at radius 2 is 2.27 bits per heavy atom. The molecule has 0 N–H and O–H groups in total. The Bertz CT molecular complexity index is 817. The zero-order chi connectivity index (χ0) is 14.9. The topological polar surface area (TPSA) is 50.5 Å². The fraction of sp³-hybridized carbons (Fsp3) is 0.188. The minimum absolute atomic E-state index is 0.0352. The molecule has 0 aliphatic carbocycles. The Hall–Kier alpha value is -2.47. The highest BCUT2D eigenvalue weighted by molar-refractivity contribution is 7.11. The number of fused-ring (bicyclic) bond motifs is 1. The maximum Gasteiger partial charge on any atom is 0.274 e. The molecular weight excluding hydrogens is 296 g/mol. The van der Waals surface area contributed by atoms with Gasteiger partial charge in [0.15, 0.2) is 0 Å². The van der Waals surface area contributed by atoms with Crippen LogP contribution in [0.2, 0.25) is 0 Å². The lowest BCUT2D eigenvalue weighted by Crippen LogP contribution is -2.34. The molecule has 4 rings (SSSR count). The minimum Gasteiger partial charge on any atom is -0.333 e. The molecule has 0 bridgehead atoms. The lowest BCUT2D eigenvalue weighted by molar-refractivity contribution is 0.0767. The number of carbonyl (C=O) groups excluding carboxylic acids is 1. The van der Waals surface area contributed by atoms with Gasteiger partial charge >= 0.3 is 0 Å². The molecule has 5 nitrogen and oxygen atoms in total. The van der Waals surface area contributed by atoms with Crippen LogP contribution in [0.5, 0.6) is 0 Å². The van der Waals surface area contributed by atoms with E-state index >= 15 is 0 Å². The molecule has 0 aromatic carbocycles. The normalized spacial score (nSPS) is 15.1. The summed E-state index contributed by atoms with van der Waals surface area (Å²) >= 11 is 1.74. The number of nitrogens with zero attached hydrogens (tertiary/aromatic N) is 4. The third kappa shape index (κ3) is 2.31. The summed E-state index contributed by atoms with van der Waals surface area (Å²) in [5, 5.41) is 2.08. The number of aromatic nitrogens is 3. The van der Waals surface area contributed by atoms with Gasteiger partial charge in [-0.2, -0.15) is 0 Å². The number of amides is 1. The summed E-state index contributed by atoms with van der Waals surface area (Å²) in [5.41, 5.74) is 1.78. The van der Waals surface area contributed by atoms with E-state index in [9.17, 15) is 4.79 Å². The van der Waals surface area contributed by atoms with Crippen molar-refractivity contribution in [3.05, 3.63) is 58.8 Å². The Morgan fingerprint density at radius 1 is 1.32 bits per heavy atom. The first-order valence-corrected chi connectivity index (χ1v) is 8.01. The van der Waals surface area contributed by atoms with Crippen LogP contribution in [0.25, 0.3) is 11.4 Å². The maximum absolute atomic E-state index is 12.6. The van der Waals surface area contributed by atoms with E-state index in [0.29, 0.717) is 18.0 Å². The van der Waals surface area contributed by atoms with Gasteiger partial charge in [-0.25, -0.2) is 9.97 Å². The molecule has 0 fully saturated rings. The average molecular weight is 310 g/mol. The van der Waals surface area contributed by atoms with Crippen LogP contribution < -0.4 is 0 Å². The molecule has 0 radical (unpaired) electrons. The monoisotopic (exact) mass is 310 g/mol. The van der Waals surface area contributed by atoms with Crippen molar-refractivity contribution in [1.82, 2.24) is 19.3 Å². The summed E-state index contributed by atoms with van der Waals surface area (Å²) in [5.74, 6) is 0.518. The number of imidazole rings is 1. The van der Waals surface area contributed by atoms with Crippen molar-refractivity contribution in [3.63, 3.8) is 0 Å². The molecule has 0 unspecified atom stereocenters. The van der Waals surface area contributed by atoms with Gasteiger partial charge in [-0.15, -0.1) is 11.3 Å².